The summed E-state index contributed by atoms with van der Waals surface area (Å²) in [5.41, 5.74) is 7.93. The molecule has 2 nitrogen and oxygen atoms in total. The first-order valence-electron chi connectivity index (χ1n) is 5.99. The fraction of sp³-hybridized carbons (Fsp3) is 0.200. The molecular formula is C15H15BrClNO. The summed E-state index contributed by atoms with van der Waals surface area (Å²) in [4.78, 5) is 0. The summed E-state index contributed by atoms with van der Waals surface area (Å²) in [7, 11) is 0. The van der Waals surface area contributed by atoms with Crippen molar-refractivity contribution < 1.29 is 4.74 Å². The minimum Gasteiger partial charge on any atom is -0.483 e. The third-order valence-corrected chi connectivity index (χ3v) is 3.84. The standard InChI is InChI=1S/C15H15BrClNO/c1-10-6-7-14(13(17)8-10)19-15(9-18)11-4-2-3-5-12(11)16/h2-8,15H,9,18H2,1H3. The molecule has 2 N–H and O–H groups in total. The van der Waals surface area contributed by atoms with Gasteiger partial charge in [-0.2, -0.15) is 0 Å². The third kappa shape index (κ3) is 3.50. The van der Waals surface area contributed by atoms with Gasteiger partial charge in [-0.05, 0) is 30.7 Å². The van der Waals surface area contributed by atoms with Gasteiger partial charge in [0.15, 0.2) is 0 Å². The summed E-state index contributed by atoms with van der Waals surface area (Å²) < 4.78 is 6.91. The molecule has 0 radical (unpaired) electrons. The molecule has 0 aromatic heterocycles. The van der Waals surface area contributed by atoms with E-state index in [4.69, 9.17) is 22.1 Å². The van der Waals surface area contributed by atoms with E-state index in [-0.39, 0.29) is 6.10 Å². The van der Waals surface area contributed by atoms with Crippen LogP contribution < -0.4 is 10.5 Å². The Kier molecular flexibility index (Phi) is 4.86. The maximum absolute atomic E-state index is 6.18. The van der Waals surface area contributed by atoms with Crippen LogP contribution in [0.2, 0.25) is 5.02 Å². The normalized spacial score (nSPS) is 12.2. The van der Waals surface area contributed by atoms with Crippen molar-refractivity contribution in [2.24, 2.45) is 5.73 Å². The lowest BCUT2D eigenvalue weighted by Gasteiger charge is -2.20. The predicted molar refractivity (Wildman–Crippen MR) is 82.8 cm³/mol. The lowest BCUT2D eigenvalue weighted by Crippen LogP contribution is -2.19. The lowest BCUT2D eigenvalue weighted by molar-refractivity contribution is 0.213. The van der Waals surface area contributed by atoms with E-state index >= 15 is 0 Å². The van der Waals surface area contributed by atoms with E-state index in [2.05, 4.69) is 15.9 Å². The first-order valence-corrected chi connectivity index (χ1v) is 7.16. The van der Waals surface area contributed by atoms with Gasteiger partial charge in [0.1, 0.15) is 11.9 Å². The summed E-state index contributed by atoms with van der Waals surface area (Å²) in [5, 5.41) is 0.602. The molecule has 19 heavy (non-hydrogen) atoms. The van der Waals surface area contributed by atoms with E-state index in [0.717, 1.165) is 15.6 Å². The van der Waals surface area contributed by atoms with Crippen molar-refractivity contribution >= 4 is 27.5 Å². The van der Waals surface area contributed by atoms with Crippen LogP contribution in [0.1, 0.15) is 17.2 Å². The molecule has 0 bridgehead atoms. The number of rotatable bonds is 4. The molecule has 0 saturated heterocycles. The van der Waals surface area contributed by atoms with Crippen LogP contribution in [0.4, 0.5) is 0 Å². The van der Waals surface area contributed by atoms with Crippen LogP contribution >= 0.6 is 27.5 Å². The Hall–Kier alpha value is -1.03. The van der Waals surface area contributed by atoms with Crippen LogP contribution in [-0.4, -0.2) is 6.54 Å². The van der Waals surface area contributed by atoms with Crippen molar-refractivity contribution in [3.8, 4) is 5.75 Å². The predicted octanol–water partition coefficient (Wildman–Crippen LogP) is 4.49. The number of hydrogen-bond donors (Lipinski definition) is 1. The first kappa shape index (κ1) is 14.4. The van der Waals surface area contributed by atoms with Gasteiger partial charge in [0.25, 0.3) is 0 Å². The van der Waals surface area contributed by atoms with Crippen molar-refractivity contribution in [1.82, 2.24) is 0 Å². The van der Waals surface area contributed by atoms with Crippen LogP contribution in [0.5, 0.6) is 5.75 Å². The second kappa shape index (κ2) is 6.42. The van der Waals surface area contributed by atoms with Gasteiger partial charge in [0, 0.05) is 16.6 Å². The Morgan fingerprint density at radius 1 is 1.26 bits per heavy atom. The van der Waals surface area contributed by atoms with Gasteiger partial charge in [-0.1, -0.05) is 51.8 Å². The topological polar surface area (TPSA) is 35.2 Å². The Morgan fingerprint density at radius 3 is 2.63 bits per heavy atom. The smallest absolute Gasteiger partial charge is 0.138 e. The molecule has 0 aliphatic heterocycles. The molecule has 2 aromatic rings. The van der Waals surface area contributed by atoms with Crippen molar-refractivity contribution in [3.05, 3.63) is 63.1 Å². The van der Waals surface area contributed by atoms with Gasteiger partial charge in [-0.3, -0.25) is 0 Å². The van der Waals surface area contributed by atoms with E-state index in [1.54, 1.807) is 0 Å². The fourth-order valence-corrected chi connectivity index (χ4v) is 2.65. The zero-order chi connectivity index (χ0) is 13.8. The average molecular weight is 341 g/mol. The first-order chi connectivity index (χ1) is 9.11. The second-order valence-electron chi connectivity index (χ2n) is 4.30. The van der Waals surface area contributed by atoms with Gasteiger partial charge < -0.3 is 10.5 Å². The summed E-state index contributed by atoms with van der Waals surface area (Å²) in [5.74, 6) is 0.651. The minimum absolute atomic E-state index is 0.226. The van der Waals surface area contributed by atoms with Gasteiger partial charge in [0.2, 0.25) is 0 Å². The Labute approximate surface area is 126 Å². The van der Waals surface area contributed by atoms with Crippen molar-refractivity contribution in [1.29, 1.82) is 0 Å². The third-order valence-electron chi connectivity index (χ3n) is 2.82. The van der Waals surface area contributed by atoms with Crippen LogP contribution in [-0.2, 0) is 0 Å². The monoisotopic (exact) mass is 339 g/mol. The highest BCUT2D eigenvalue weighted by molar-refractivity contribution is 9.10. The highest BCUT2D eigenvalue weighted by Gasteiger charge is 2.15. The van der Waals surface area contributed by atoms with Gasteiger partial charge in [-0.25, -0.2) is 0 Å². The number of hydrogen-bond acceptors (Lipinski definition) is 2. The molecule has 2 aromatic carbocycles. The molecule has 2 rings (SSSR count). The van der Waals surface area contributed by atoms with Crippen LogP contribution in [0.15, 0.2) is 46.9 Å². The number of halogens is 2. The molecule has 0 fully saturated rings. The molecule has 0 heterocycles. The number of benzene rings is 2. The number of aryl methyl sites for hydroxylation is 1. The second-order valence-corrected chi connectivity index (χ2v) is 5.56. The molecule has 0 aliphatic carbocycles. The molecule has 0 amide bonds. The van der Waals surface area contributed by atoms with Crippen molar-refractivity contribution in [3.63, 3.8) is 0 Å². The van der Waals surface area contributed by atoms with Crippen LogP contribution in [0.25, 0.3) is 0 Å². The van der Waals surface area contributed by atoms with Crippen molar-refractivity contribution in [2.75, 3.05) is 6.54 Å². The zero-order valence-corrected chi connectivity index (χ0v) is 12.9. The molecular weight excluding hydrogens is 326 g/mol. The molecule has 0 spiro atoms. The quantitative estimate of drug-likeness (QED) is 0.890. The maximum Gasteiger partial charge on any atom is 0.138 e. The number of ether oxygens (including phenoxy) is 1. The highest BCUT2D eigenvalue weighted by Crippen LogP contribution is 2.31. The summed E-state index contributed by atoms with van der Waals surface area (Å²) in [6.45, 7) is 2.37. The molecule has 0 aliphatic rings. The highest BCUT2D eigenvalue weighted by atomic mass is 79.9. The van der Waals surface area contributed by atoms with E-state index in [1.165, 1.54) is 0 Å². The minimum atomic E-state index is -0.226. The maximum atomic E-state index is 6.18. The van der Waals surface area contributed by atoms with E-state index < -0.39 is 0 Å². The van der Waals surface area contributed by atoms with E-state index in [1.807, 2.05) is 49.4 Å². The molecule has 100 valence electrons. The number of nitrogens with two attached hydrogens (primary N) is 1. The van der Waals surface area contributed by atoms with Crippen molar-refractivity contribution in [2.45, 2.75) is 13.0 Å². The average Bonchev–Trinajstić information content (AvgIpc) is 2.39. The van der Waals surface area contributed by atoms with Crippen LogP contribution in [0.3, 0.4) is 0 Å². The fourth-order valence-electron chi connectivity index (χ4n) is 1.83. The van der Waals surface area contributed by atoms with Crippen LogP contribution in [0, 0.1) is 6.92 Å². The van der Waals surface area contributed by atoms with E-state index in [9.17, 15) is 0 Å². The van der Waals surface area contributed by atoms with Gasteiger partial charge in [0.05, 0.1) is 5.02 Å². The molecule has 1 unspecified atom stereocenters. The summed E-state index contributed by atoms with van der Waals surface area (Å²) in [6.07, 6.45) is -0.226. The Balaban J connectivity index is 2.27. The Bertz CT molecular complexity index is 574. The Morgan fingerprint density at radius 2 is 2.00 bits per heavy atom. The molecule has 4 heteroatoms. The lowest BCUT2D eigenvalue weighted by atomic mass is 10.1. The summed E-state index contributed by atoms with van der Waals surface area (Å²) >= 11 is 9.69. The molecule has 0 saturated carbocycles. The van der Waals surface area contributed by atoms with Gasteiger partial charge in [-0.15, -0.1) is 0 Å². The SMILES string of the molecule is Cc1ccc(OC(CN)c2ccccc2Br)c(Cl)c1. The zero-order valence-electron chi connectivity index (χ0n) is 10.6. The molecule has 1 atom stereocenters. The summed E-state index contributed by atoms with van der Waals surface area (Å²) in [6, 6.07) is 13.6. The van der Waals surface area contributed by atoms with Gasteiger partial charge >= 0.3 is 0 Å². The van der Waals surface area contributed by atoms with E-state index in [0.29, 0.717) is 17.3 Å². The largest absolute Gasteiger partial charge is 0.483 e.